The molecule has 1 aromatic carbocycles. The van der Waals surface area contributed by atoms with Crippen molar-refractivity contribution >= 4 is 38.5 Å². The minimum Gasteiger partial charge on any atom is -0.478 e. The summed E-state index contributed by atoms with van der Waals surface area (Å²) in [6.07, 6.45) is -2.98. The van der Waals surface area contributed by atoms with Crippen LogP contribution in [0.2, 0.25) is 5.02 Å². The van der Waals surface area contributed by atoms with E-state index in [2.05, 4.69) is 24.4 Å². The maximum atomic E-state index is 13.5. The third-order valence-electron chi connectivity index (χ3n) is 3.71. The van der Waals surface area contributed by atoms with E-state index in [1.54, 1.807) is 6.07 Å². The molecule has 0 saturated carbocycles. The number of aromatic nitrogens is 3. The van der Waals surface area contributed by atoms with Crippen molar-refractivity contribution in [2.24, 2.45) is 0 Å². The van der Waals surface area contributed by atoms with Gasteiger partial charge in [0.1, 0.15) is 11.6 Å². The Bertz CT molecular complexity index is 1130. The van der Waals surface area contributed by atoms with E-state index >= 15 is 0 Å². The molecule has 2 aromatic heterocycles. The molecule has 13 heteroatoms. The molecule has 2 N–H and O–H groups in total. The lowest BCUT2D eigenvalue weighted by Crippen LogP contribution is -2.25. The molecule has 0 saturated heterocycles. The number of hydrogen-bond donors (Lipinski definition) is 2. The van der Waals surface area contributed by atoms with Crippen LogP contribution < -0.4 is 14.2 Å². The second-order valence-electron chi connectivity index (χ2n) is 5.65. The van der Waals surface area contributed by atoms with Crippen molar-refractivity contribution in [3.8, 4) is 11.6 Å². The summed E-state index contributed by atoms with van der Waals surface area (Å²) >= 11 is 5.88. The first-order chi connectivity index (χ1) is 13.7. The van der Waals surface area contributed by atoms with Crippen LogP contribution in [0.15, 0.2) is 35.5 Å². The Morgan fingerprint density at radius 3 is 2.79 bits per heavy atom. The maximum absolute atomic E-state index is 13.5. The second kappa shape index (κ2) is 8.33. The van der Waals surface area contributed by atoms with Crippen LogP contribution in [0, 0.1) is 0 Å². The molecule has 0 radical (unpaired) electrons. The number of benzene rings is 1. The van der Waals surface area contributed by atoms with Gasteiger partial charge in [0.2, 0.25) is 11.7 Å². The van der Waals surface area contributed by atoms with Crippen molar-refractivity contribution in [1.82, 2.24) is 15.0 Å². The first kappa shape index (κ1) is 21.0. The Balaban J connectivity index is 1.87. The van der Waals surface area contributed by atoms with Crippen LogP contribution in [0.25, 0.3) is 10.9 Å². The lowest BCUT2D eigenvalue weighted by molar-refractivity contribution is -0.0168. The van der Waals surface area contributed by atoms with Gasteiger partial charge in [0.15, 0.2) is 6.17 Å². The Morgan fingerprint density at radius 2 is 2.10 bits per heavy atom. The van der Waals surface area contributed by atoms with Gasteiger partial charge < -0.3 is 14.5 Å². The van der Waals surface area contributed by atoms with E-state index in [1.165, 1.54) is 18.3 Å². The molecule has 0 amide bonds. The van der Waals surface area contributed by atoms with Gasteiger partial charge in [0, 0.05) is 22.1 Å². The summed E-state index contributed by atoms with van der Waals surface area (Å²) in [6.45, 7) is -1.59. The summed E-state index contributed by atoms with van der Waals surface area (Å²) in [6, 6.07) is 4.62. The van der Waals surface area contributed by atoms with E-state index in [-0.39, 0.29) is 10.8 Å². The quantitative estimate of drug-likeness (QED) is 0.545. The summed E-state index contributed by atoms with van der Waals surface area (Å²) in [7, 11) is -2.97. The molecular formula is C16H14ClF3N4O4S. The highest BCUT2D eigenvalue weighted by molar-refractivity contribution is 7.93. The van der Waals surface area contributed by atoms with Gasteiger partial charge in [-0.2, -0.15) is 9.37 Å². The molecule has 156 valence electrons. The normalized spacial score (nSPS) is 13.8. The molecule has 2 heterocycles. The topological polar surface area (TPSA) is 106 Å². The molecule has 2 unspecified atom stereocenters. The van der Waals surface area contributed by atoms with Gasteiger partial charge in [-0.3, -0.25) is 0 Å². The highest BCUT2D eigenvalue weighted by atomic mass is 35.5. The van der Waals surface area contributed by atoms with Crippen molar-refractivity contribution < 1.29 is 31.1 Å². The molecule has 0 bridgehead atoms. The van der Waals surface area contributed by atoms with Gasteiger partial charge in [0.05, 0.1) is 13.3 Å². The van der Waals surface area contributed by atoms with E-state index < -0.39 is 40.9 Å². The van der Waals surface area contributed by atoms with Gasteiger partial charge in [0.25, 0.3) is 22.3 Å². The Labute approximate surface area is 168 Å². The number of anilines is 1. The van der Waals surface area contributed by atoms with Crippen LogP contribution in [0.5, 0.6) is 11.6 Å². The molecule has 0 aliphatic heterocycles. The molecule has 0 aliphatic rings. The molecule has 0 fully saturated rings. The number of aromatic amines is 1. The molecule has 0 aliphatic carbocycles. The van der Waals surface area contributed by atoms with E-state index in [1.807, 2.05) is 0 Å². The minimum absolute atomic E-state index is 0.0842. The van der Waals surface area contributed by atoms with Crippen LogP contribution in [0.3, 0.4) is 0 Å². The van der Waals surface area contributed by atoms with Crippen molar-refractivity contribution in [3.63, 3.8) is 0 Å². The van der Waals surface area contributed by atoms with Crippen LogP contribution in [-0.4, -0.2) is 49.7 Å². The lowest BCUT2D eigenvalue weighted by Gasteiger charge is -2.15. The van der Waals surface area contributed by atoms with Crippen LogP contribution in [0.4, 0.5) is 19.1 Å². The number of ether oxygens (including phenoxy) is 2. The second-order valence-corrected chi connectivity index (χ2v) is 7.74. The molecule has 3 aromatic rings. The number of halogens is 4. The number of nitrogens with one attached hydrogen (secondary N) is 2. The fourth-order valence-corrected chi connectivity index (χ4v) is 3.67. The minimum atomic E-state index is -4.12. The number of fused-ring (bicyclic) bond motifs is 1. The molecule has 29 heavy (non-hydrogen) atoms. The predicted octanol–water partition coefficient (Wildman–Crippen LogP) is 3.40. The first-order valence-electron chi connectivity index (χ1n) is 7.96. The lowest BCUT2D eigenvalue weighted by atomic mass is 10.2. The monoisotopic (exact) mass is 450 g/mol. The average Bonchev–Trinajstić information content (AvgIpc) is 3.12. The van der Waals surface area contributed by atoms with Gasteiger partial charge in [-0.05, 0) is 18.2 Å². The van der Waals surface area contributed by atoms with Crippen molar-refractivity contribution in [2.45, 2.75) is 17.4 Å². The number of methoxy groups -OCH3 is 1. The number of hydrogen-bond acceptors (Lipinski definition) is 6. The van der Waals surface area contributed by atoms with Gasteiger partial charge in [-0.1, -0.05) is 11.6 Å². The number of H-pyrrole nitrogens is 1. The van der Waals surface area contributed by atoms with E-state index in [0.29, 0.717) is 15.9 Å². The Kier molecular flexibility index (Phi) is 6.03. The van der Waals surface area contributed by atoms with E-state index in [0.717, 1.165) is 13.3 Å². The van der Waals surface area contributed by atoms with Gasteiger partial charge in [-0.15, -0.1) is 0 Å². The zero-order chi connectivity index (χ0) is 21.2. The first-order valence-corrected chi connectivity index (χ1v) is 9.82. The maximum Gasteiger partial charge on any atom is 0.272 e. The number of rotatable bonds is 8. The van der Waals surface area contributed by atoms with Crippen LogP contribution >= 0.6 is 11.6 Å². The molecule has 8 nitrogen and oxygen atoms in total. The van der Waals surface area contributed by atoms with Gasteiger partial charge in [-0.25, -0.2) is 26.9 Å². The largest absolute Gasteiger partial charge is 0.478 e. The smallest absolute Gasteiger partial charge is 0.272 e. The molecular weight excluding hydrogens is 437 g/mol. The van der Waals surface area contributed by atoms with Crippen LogP contribution in [-0.2, 0) is 10.0 Å². The summed E-state index contributed by atoms with van der Waals surface area (Å²) in [5.74, 6) is -1.21. The Hall–Kier alpha value is -2.73. The summed E-state index contributed by atoms with van der Waals surface area (Å²) < 4.78 is 75.6. The zero-order valence-electron chi connectivity index (χ0n) is 14.7. The van der Waals surface area contributed by atoms with Crippen LogP contribution in [0.1, 0.15) is 0 Å². The highest BCUT2D eigenvalue weighted by Gasteiger charge is 2.25. The van der Waals surface area contributed by atoms with Crippen molar-refractivity contribution in [2.75, 3.05) is 18.5 Å². The number of nitrogens with zero attached hydrogens (tertiary/aromatic N) is 2. The SMILES string of the molecule is COc1nc(NS(=O)(=O)c2c[nH]c3cc(Cl)ccc23)ncc1OC(F)C(F)CF. The van der Waals surface area contributed by atoms with Crippen molar-refractivity contribution in [1.29, 1.82) is 0 Å². The van der Waals surface area contributed by atoms with Crippen molar-refractivity contribution in [3.05, 3.63) is 35.6 Å². The fourth-order valence-electron chi connectivity index (χ4n) is 2.37. The molecule has 3 rings (SSSR count). The van der Waals surface area contributed by atoms with Gasteiger partial charge >= 0.3 is 0 Å². The summed E-state index contributed by atoms with van der Waals surface area (Å²) in [5, 5.41) is 0.809. The number of sulfonamides is 1. The summed E-state index contributed by atoms with van der Waals surface area (Å²) in [4.78, 5) is 10.2. The number of alkyl halides is 3. The standard InChI is InChI=1S/C16H14ClF3N4O4S/c1-27-15-12(28-14(20)10(19)5-18)6-22-16(23-15)24-29(25,26)13-7-21-11-4-8(17)2-3-9(11)13/h2-4,6-7,10,14,21H,5H2,1H3,(H,22,23,24). The fraction of sp³-hybridized carbons (Fsp3) is 0.250. The Morgan fingerprint density at radius 1 is 1.34 bits per heavy atom. The highest BCUT2D eigenvalue weighted by Crippen LogP contribution is 2.29. The molecule has 0 spiro atoms. The summed E-state index contributed by atoms with van der Waals surface area (Å²) in [5.41, 5.74) is 0.503. The van der Waals surface area contributed by atoms with E-state index in [4.69, 9.17) is 16.3 Å². The third kappa shape index (κ3) is 4.48. The zero-order valence-corrected chi connectivity index (χ0v) is 16.3. The third-order valence-corrected chi connectivity index (χ3v) is 5.31. The predicted molar refractivity (Wildman–Crippen MR) is 99.1 cm³/mol. The van der Waals surface area contributed by atoms with E-state index in [9.17, 15) is 21.6 Å². The average molecular weight is 451 g/mol. The molecule has 2 atom stereocenters.